The van der Waals surface area contributed by atoms with Gasteiger partial charge in [-0.2, -0.15) is 5.10 Å². The van der Waals surface area contributed by atoms with Gasteiger partial charge in [0.15, 0.2) is 5.82 Å². The van der Waals surface area contributed by atoms with Crippen LogP contribution in [0.3, 0.4) is 0 Å². The van der Waals surface area contributed by atoms with Gasteiger partial charge in [-0.15, -0.1) is 0 Å². The van der Waals surface area contributed by atoms with Crippen LogP contribution in [0.2, 0.25) is 0 Å². The highest BCUT2D eigenvalue weighted by atomic mass is 15.3. The molecule has 4 heteroatoms. The van der Waals surface area contributed by atoms with Gasteiger partial charge >= 0.3 is 0 Å². The van der Waals surface area contributed by atoms with Crippen LogP contribution in [-0.4, -0.2) is 9.78 Å². The van der Waals surface area contributed by atoms with E-state index in [2.05, 4.69) is 55.5 Å². The standard InChI is InChI=1S/C16H24N4/c1-5-6-14-15(17)16(20(4)19-14)18-13-9-7-12(8-10-13)11(2)3/h7-11,18H,5-6,17H2,1-4H3. The first-order valence-electron chi connectivity index (χ1n) is 7.21. The van der Waals surface area contributed by atoms with Gasteiger partial charge in [-0.05, 0) is 30.0 Å². The van der Waals surface area contributed by atoms with Crippen LogP contribution in [0.15, 0.2) is 24.3 Å². The van der Waals surface area contributed by atoms with Gasteiger partial charge < -0.3 is 11.1 Å². The molecule has 3 N–H and O–H groups in total. The molecule has 0 aliphatic carbocycles. The van der Waals surface area contributed by atoms with E-state index in [-0.39, 0.29) is 0 Å². The molecule has 4 nitrogen and oxygen atoms in total. The fourth-order valence-corrected chi connectivity index (χ4v) is 2.25. The molecule has 0 amide bonds. The summed E-state index contributed by atoms with van der Waals surface area (Å²) in [5.74, 6) is 1.41. The number of nitrogens with zero attached hydrogens (tertiary/aromatic N) is 2. The Morgan fingerprint density at radius 3 is 2.45 bits per heavy atom. The van der Waals surface area contributed by atoms with Crippen LogP contribution in [0.5, 0.6) is 0 Å². The molecule has 20 heavy (non-hydrogen) atoms. The monoisotopic (exact) mass is 272 g/mol. The number of nitrogen functional groups attached to an aromatic ring is 1. The molecule has 0 bridgehead atoms. The third-order valence-corrected chi connectivity index (χ3v) is 3.49. The highest BCUT2D eigenvalue weighted by Crippen LogP contribution is 2.27. The van der Waals surface area contributed by atoms with Crippen molar-refractivity contribution in [1.29, 1.82) is 0 Å². The van der Waals surface area contributed by atoms with Crippen molar-refractivity contribution in [2.45, 2.75) is 39.5 Å². The molecule has 108 valence electrons. The maximum absolute atomic E-state index is 6.17. The van der Waals surface area contributed by atoms with Gasteiger partial charge in [-0.25, -0.2) is 0 Å². The fraction of sp³-hybridized carbons (Fsp3) is 0.438. The van der Waals surface area contributed by atoms with E-state index in [1.807, 2.05) is 11.7 Å². The Kier molecular flexibility index (Phi) is 4.32. The second kappa shape index (κ2) is 5.99. The Morgan fingerprint density at radius 2 is 1.90 bits per heavy atom. The molecule has 0 aliphatic heterocycles. The van der Waals surface area contributed by atoms with Gasteiger partial charge in [-0.3, -0.25) is 4.68 Å². The highest BCUT2D eigenvalue weighted by Gasteiger charge is 2.12. The number of nitrogens with two attached hydrogens (primary N) is 1. The lowest BCUT2D eigenvalue weighted by Gasteiger charge is -2.10. The molecule has 0 fully saturated rings. The molecule has 2 aromatic rings. The molecule has 0 radical (unpaired) electrons. The number of hydrogen-bond donors (Lipinski definition) is 2. The van der Waals surface area contributed by atoms with Crippen LogP contribution in [0.4, 0.5) is 17.2 Å². The van der Waals surface area contributed by atoms with Crippen LogP contribution < -0.4 is 11.1 Å². The Bertz CT molecular complexity index is 567. The third kappa shape index (κ3) is 2.95. The summed E-state index contributed by atoms with van der Waals surface area (Å²) in [6.07, 6.45) is 1.96. The number of benzene rings is 1. The second-order valence-electron chi connectivity index (χ2n) is 5.48. The summed E-state index contributed by atoms with van der Waals surface area (Å²) in [6.45, 7) is 6.52. The number of anilines is 3. The van der Waals surface area contributed by atoms with Crippen LogP contribution >= 0.6 is 0 Å². The van der Waals surface area contributed by atoms with E-state index < -0.39 is 0 Å². The van der Waals surface area contributed by atoms with Gasteiger partial charge in [0.1, 0.15) is 0 Å². The SMILES string of the molecule is CCCc1nn(C)c(Nc2ccc(C(C)C)cc2)c1N. The van der Waals surface area contributed by atoms with E-state index in [0.29, 0.717) is 5.92 Å². The predicted octanol–water partition coefficient (Wildman–Crippen LogP) is 3.82. The van der Waals surface area contributed by atoms with E-state index in [9.17, 15) is 0 Å². The first kappa shape index (κ1) is 14.4. The quantitative estimate of drug-likeness (QED) is 0.870. The summed E-state index contributed by atoms with van der Waals surface area (Å²) in [6, 6.07) is 8.46. The molecule has 1 aromatic heterocycles. The Hall–Kier alpha value is -1.97. The van der Waals surface area contributed by atoms with E-state index in [4.69, 9.17) is 5.73 Å². The van der Waals surface area contributed by atoms with Crippen LogP contribution in [0.1, 0.15) is 44.4 Å². The molecular weight excluding hydrogens is 248 g/mol. The van der Waals surface area contributed by atoms with Crippen LogP contribution in [0, 0.1) is 0 Å². The lowest BCUT2D eigenvalue weighted by Crippen LogP contribution is -2.01. The lowest BCUT2D eigenvalue weighted by molar-refractivity contribution is 0.740. The lowest BCUT2D eigenvalue weighted by atomic mass is 10.0. The molecule has 0 unspecified atom stereocenters. The Balaban J connectivity index is 2.21. The van der Waals surface area contributed by atoms with Gasteiger partial charge in [0.25, 0.3) is 0 Å². The van der Waals surface area contributed by atoms with Gasteiger partial charge in [0.2, 0.25) is 0 Å². The zero-order valence-corrected chi connectivity index (χ0v) is 12.8. The van der Waals surface area contributed by atoms with Gasteiger partial charge in [-0.1, -0.05) is 39.3 Å². The molecule has 0 saturated heterocycles. The first-order chi connectivity index (χ1) is 9.52. The molecule has 2 rings (SSSR count). The van der Waals surface area contributed by atoms with Crippen molar-refractivity contribution >= 4 is 17.2 Å². The van der Waals surface area contributed by atoms with E-state index in [1.54, 1.807) is 0 Å². The van der Waals surface area contributed by atoms with Crippen molar-refractivity contribution < 1.29 is 0 Å². The molecule has 1 heterocycles. The summed E-state index contributed by atoms with van der Waals surface area (Å²) in [4.78, 5) is 0. The van der Waals surface area contributed by atoms with Crippen molar-refractivity contribution in [3.05, 3.63) is 35.5 Å². The van der Waals surface area contributed by atoms with Crippen molar-refractivity contribution in [2.75, 3.05) is 11.1 Å². The predicted molar refractivity (Wildman–Crippen MR) is 85.4 cm³/mol. The average molecular weight is 272 g/mol. The maximum atomic E-state index is 6.17. The van der Waals surface area contributed by atoms with E-state index >= 15 is 0 Å². The average Bonchev–Trinajstić information content (AvgIpc) is 2.68. The molecule has 0 aliphatic rings. The minimum absolute atomic E-state index is 0.543. The number of hydrogen-bond acceptors (Lipinski definition) is 3. The Morgan fingerprint density at radius 1 is 1.25 bits per heavy atom. The van der Waals surface area contributed by atoms with Gasteiger partial charge in [0, 0.05) is 12.7 Å². The van der Waals surface area contributed by atoms with Crippen LogP contribution in [-0.2, 0) is 13.5 Å². The summed E-state index contributed by atoms with van der Waals surface area (Å²) >= 11 is 0. The molecule has 0 saturated carbocycles. The van der Waals surface area contributed by atoms with E-state index in [0.717, 1.165) is 35.7 Å². The molecule has 0 atom stereocenters. The van der Waals surface area contributed by atoms with Crippen molar-refractivity contribution in [2.24, 2.45) is 7.05 Å². The molecule has 1 aromatic carbocycles. The first-order valence-corrected chi connectivity index (χ1v) is 7.21. The van der Waals surface area contributed by atoms with Gasteiger partial charge in [0.05, 0.1) is 11.4 Å². The van der Waals surface area contributed by atoms with E-state index in [1.165, 1.54) is 5.56 Å². The largest absolute Gasteiger partial charge is 0.394 e. The highest BCUT2D eigenvalue weighted by molar-refractivity contribution is 5.71. The summed E-state index contributed by atoms with van der Waals surface area (Å²) < 4.78 is 1.82. The topological polar surface area (TPSA) is 55.9 Å². The summed E-state index contributed by atoms with van der Waals surface area (Å²) in [7, 11) is 1.92. The number of aryl methyl sites for hydroxylation is 2. The maximum Gasteiger partial charge on any atom is 0.152 e. The summed E-state index contributed by atoms with van der Waals surface area (Å²) in [5.41, 5.74) is 10.3. The summed E-state index contributed by atoms with van der Waals surface area (Å²) in [5, 5.41) is 7.83. The molecular formula is C16H24N4. The zero-order chi connectivity index (χ0) is 14.7. The van der Waals surface area contributed by atoms with Crippen molar-refractivity contribution in [1.82, 2.24) is 9.78 Å². The second-order valence-corrected chi connectivity index (χ2v) is 5.48. The number of nitrogens with one attached hydrogen (secondary N) is 1. The Labute approximate surface area is 121 Å². The minimum Gasteiger partial charge on any atom is -0.394 e. The minimum atomic E-state index is 0.543. The fourth-order valence-electron chi connectivity index (χ4n) is 2.25. The third-order valence-electron chi connectivity index (χ3n) is 3.49. The zero-order valence-electron chi connectivity index (χ0n) is 12.8. The number of aromatic nitrogens is 2. The molecule has 0 spiro atoms. The van der Waals surface area contributed by atoms with Crippen molar-refractivity contribution in [3.8, 4) is 0 Å². The van der Waals surface area contributed by atoms with Crippen LogP contribution in [0.25, 0.3) is 0 Å². The number of rotatable bonds is 5. The smallest absolute Gasteiger partial charge is 0.152 e. The van der Waals surface area contributed by atoms with Crippen molar-refractivity contribution in [3.63, 3.8) is 0 Å². The normalized spacial score (nSPS) is 11.1.